The van der Waals surface area contributed by atoms with Crippen LogP contribution in [0.5, 0.6) is 0 Å². The van der Waals surface area contributed by atoms with Crippen LogP contribution in [0.25, 0.3) is 0 Å². The fourth-order valence-corrected chi connectivity index (χ4v) is 2.00. The maximum absolute atomic E-state index is 10.1. The summed E-state index contributed by atoms with van der Waals surface area (Å²) in [6.07, 6.45) is 2.57. The molecule has 0 aromatic heterocycles. The summed E-state index contributed by atoms with van der Waals surface area (Å²) in [6, 6.07) is 0. The molecule has 3 heteroatoms. The molecular formula is C13H28N2O. The number of likely N-dealkylation sites (tertiary alicyclic amines) is 1. The molecule has 1 saturated heterocycles. The number of nitrogens with one attached hydrogen (secondary N) is 1. The summed E-state index contributed by atoms with van der Waals surface area (Å²) >= 11 is 0. The Bertz CT molecular complexity index is 196. The fourth-order valence-electron chi connectivity index (χ4n) is 2.00. The van der Waals surface area contributed by atoms with Crippen LogP contribution in [0.15, 0.2) is 0 Å². The molecule has 0 aromatic carbocycles. The van der Waals surface area contributed by atoms with Gasteiger partial charge in [-0.3, -0.25) is 0 Å². The van der Waals surface area contributed by atoms with Crippen molar-refractivity contribution in [2.75, 3.05) is 33.2 Å². The van der Waals surface area contributed by atoms with Gasteiger partial charge in [0, 0.05) is 6.54 Å². The molecule has 16 heavy (non-hydrogen) atoms. The van der Waals surface area contributed by atoms with E-state index in [1.54, 1.807) is 0 Å². The summed E-state index contributed by atoms with van der Waals surface area (Å²) in [7, 11) is 2.19. The van der Waals surface area contributed by atoms with Gasteiger partial charge in [-0.25, -0.2) is 0 Å². The highest BCUT2D eigenvalue weighted by atomic mass is 16.3. The van der Waals surface area contributed by atoms with Crippen molar-refractivity contribution in [2.24, 2.45) is 11.8 Å². The summed E-state index contributed by atoms with van der Waals surface area (Å²) in [5, 5.41) is 13.5. The van der Waals surface area contributed by atoms with E-state index in [1.165, 1.54) is 25.9 Å². The molecule has 0 aliphatic carbocycles. The number of nitrogens with zero attached hydrogens (tertiary/aromatic N) is 1. The molecule has 1 atom stereocenters. The first-order valence-electron chi connectivity index (χ1n) is 6.53. The minimum atomic E-state index is -0.578. The highest BCUT2D eigenvalue weighted by Gasteiger charge is 2.25. The van der Waals surface area contributed by atoms with E-state index < -0.39 is 5.60 Å². The molecule has 0 saturated carbocycles. The standard InChI is InChI=1S/C13H28N2O/c1-11(2)13(3,16)10-14-9-12-5-7-15(4)8-6-12/h11-12,14,16H,5-10H2,1-4H3. The van der Waals surface area contributed by atoms with Gasteiger partial charge < -0.3 is 15.3 Å². The van der Waals surface area contributed by atoms with E-state index >= 15 is 0 Å². The first-order valence-corrected chi connectivity index (χ1v) is 6.53. The Labute approximate surface area is 100 Å². The van der Waals surface area contributed by atoms with E-state index in [-0.39, 0.29) is 0 Å². The molecule has 96 valence electrons. The van der Waals surface area contributed by atoms with Crippen LogP contribution in [0.4, 0.5) is 0 Å². The predicted octanol–water partition coefficient (Wildman–Crippen LogP) is 1.32. The van der Waals surface area contributed by atoms with E-state index in [0.717, 1.165) is 12.5 Å². The largest absolute Gasteiger partial charge is 0.389 e. The first kappa shape index (κ1) is 13.9. The summed E-state index contributed by atoms with van der Waals surface area (Å²) < 4.78 is 0. The lowest BCUT2D eigenvalue weighted by molar-refractivity contribution is 0.0130. The highest BCUT2D eigenvalue weighted by Crippen LogP contribution is 2.17. The zero-order valence-electron chi connectivity index (χ0n) is 11.3. The third-order valence-electron chi connectivity index (χ3n) is 4.00. The van der Waals surface area contributed by atoms with E-state index in [1.807, 2.05) is 6.92 Å². The Morgan fingerprint density at radius 2 is 1.94 bits per heavy atom. The van der Waals surface area contributed by atoms with Gasteiger partial charge in [0.05, 0.1) is 5.60 Å². The second-order valence-corrected chi connectivity index (χ2v) is 5.89. The number of piperidine rings is 1. The normalized spacial score (nSPS) is 23.6. The Morgan fingerprint density at radius 3 is 2.44 bits per heavy atom. The minimum absolute atomic E-state index is 0.303. The quantitative estimate of drug-likeness (QED) is 0.745. The summed E-state index contributed by atoms with van der Waals surface area (Å²) in [5.41, 5.74) is -0.578. The summed E-state index contributed by atoms with van der Waals surface area (Å²) in [6.45, 7) is 10.2. The zero-order valence-corrected chi connectivity index (χ0v) is 11.3. The molecule has 0 aromatic rings. The van der Waals surface area contributed by atoms with Crippen molar-refractivity contribution in [1.29, 1.82) is 0 Å². The van der Waals surface area contributed by atoms with Crippen LogP contribution in [-0.2, 0) is 0 Å². The van der Waals surface area contributed by atoms with Crippen LogP contribution in [0.1, 0.15) is 33.6 Å². The molecule has 1 aliphatic rings. The first-order chi connectivity index (χ1) is 7.42. The molecule has 0 spiro atoms. The molecule has 1 aliphatic heterocycles. The van der Waals surface area contributed by atoms with Gasteiger partial charge in [0.15, 0.2) is 0 Å². The maximum atomic E-state index is 10.1. The SMILES string of the molecule is CC(C)C(C)(O)CNCC1CCN(C)CC1. The smallest absolute Gasteiger partial charge is 0.0766 e. The third kappa shape index (κ3) is 4.40. The Hall–Kier alpha value is -0.120. The van der Waals surface area contributed by atoms with E-state index in [9.17, 15) is 5.11 Å². The van der Waals surface area contributed by atoms with Gasteiger partial charge in [0.2, 0.25) is 0 Å². The molecule has 0 bridgehead atoms. The van der Waals surface area contributed by atoms with Gasteiger partial charge in [-0.15, -0.1) is 0 Å². The number of rotatable bonds is 5. The van der Waals surface area contributed by atoms with Crippen LogP contribution in [-0.4, -0.2) is 48.8 Å². The van der Waals surface area contributed by atoms with Crippen molar-refractivity contribution < 1.29 is 5.11 Å². The van der Waals surface area contributed by atoms with Crippen molar-refractivity contribution in [3.8, 4) is 0 Å². The number of hydrogen-bond acceptors (Lipinski definition) is 3. The van der Waals surface area contributed by atoms with Crippen LogP contribution >= 0.6 is 0 Å². The molecule has 1 heterocycles. The minimum Gasteiger partial charge on any atom is -0.389 e. The van der Waals surface area contributed by atoms with Gasteiger partial charge in [-0.2, -0.15) is 0 Å². The maximum Gasteiger partial charge on any atom is 0.0766 e. The molecule has 0 amide bonds. The lowest BCUT2D eigenvalue weighted by Gasteiger charge is -2.32. The topological polar surface area (TPSA) is 35.5 Å². The number of aliphatic hydroxyl groups is 1. The molecule has 3 nitrogen and oxygen atoms in total. The lowest BCUT2D eigenvalue weighted by Crippen LogP contribution is -2.44. The van der Waals surface area contributed by atoms with E-state index in [2.05, 4.69) is 31.1 Å². The molecule has 1 fully saturated rings. The van der Waals surface area contributed by atoms with Crippen molar-refractivity contribution in [1.82, 2.24) is 10.2 Å². The van der Waals surface area contributed by atoms with Crippen LogP contribution in [0.3, 0.4) is 0 Å². The third-order valence-corrected chi connectivity index (χ3v) is 4.00. The Kier molecular flexibility index (Phi) is 5.22. The van der Waals surface area contributed by atoms with Crippen molar-refractivity contribution in [3.63, 3.8) is 0 Å². The molecule has 1 unspecified atom stereocenters. The Morgan fingerprint density at radius 1 is 1.38 bits per heavy atom. The van der Waals surface area contributed by atoms with Gasteiger partial charge >= 0.3 is 0 Å². The monoisotopic (exact) mass is 228 g/mol. The molecular weight excluding hydrogens is 200 g/mol. The summed E-state index contributed by atoms with van der Waals surface area (Å²) in [5.74, 6) is 1.09. The average molecular weight is 228 g/mol. The summed E-state index contributed by atoms with van der Waals surface area (Å²) in [4.78, 5) is 2.39. The van der Waals surface area contributed by atoms with Crippen molar-refractivity contribution in [3.05, 3.63) is 0 Å². The van der Waals surface area contributed by atoms with E-state index in [0.29, 0.717) is 12.5 Å². The number of hydrogen-bond donors (Lipinski definition) is 2. The van der Waals surface area contributed by atoms with Crippen LogP contribution in [0.2, 0.25) is 0 Å². The van der Waals surface area contributed by atoms with Gasteiger partial charge in [-0.05, 0) is 58.3 Å². The second-order valence-electron chi connectivity index (χ2n) is 5.89. The van der Waals surface area contributed by atoms with Crippen molar-refractivity contribution >= 4 is 0 Å². The molecule has 0 radical (unpaired) electrons. The molecule has 1 rings (SSSR count). The van der Waals surface area contributed by atoms with Crippen LogP contribution in [0, 0.1) is 11.8 Å². The van der Waals surface area contributed by atoms with Gasteiger partial charge in [-0.1, -0.05) is 13.8 Å². The fraction of sp³-hybridized carbons (Fsp3) is 1.00. The highest BCUT2D eigenvalue weighted by molar-refractivity contribution is 4.80. The van der Waals surface area contributed by atoms with Gasteiger partial charge in [0.25, 0.3) is 0 Å². The Balaban J connectivity index is 2.16. The zero-order chi connectivity index (χ0) is 12.2. The predicted molar refractivity (Wildman–Crippen MR) is 68.6 cm³/mol. The molecule has 2 N–H and O–H groups in total. The van der Waals surface area contributed by atoms with Crippen molar-refractivity contribution in [2.45, 2.75) is 39.2 Å². The van der Waals surface area contributed by atoms with E-state index in [4.69, 9.17) is 0 Å². The average Bonchev–Trinajstić information content (AvgIpc) is 2.20. The van der Waals surface area contributed by atoms with Crippen LogP contribution < -0.4 is 5.32 Å². The van der Waals surface area contributed by atoms with Gasteiger partial charge in [0.1, 0.15) is 0 Å². The second kappa shape index (κ2) is 5.99. The lowest BCUT2D eigenvalue weighted by atomic mass is 9.92.